The normalized spacial score (nSPS) is 11.8. The highest BCUT2D eigenvalue weighted by atomic mass is 35.5. The van der Waals surface area contributed by atoms with Gasteiger partial charge in [0.1, 0.15) is 29.3 Å². The number of anilines is 1. The Morgan fingerprint density at radius 1 is 1.03 bits per heavy atom. The van der Waals surface area contributed by atoms with Crippen LogP contribution in [0.25, 0.3) is 22.2 Å². The van der Waals surface area contributed by atoms with Crippen molar-refractivity contribution in [2.75, 3.05) is 5.73 Å². The van der Waals surface area contributed by atoms with Crippen LogP contribution in [0.4, 0.5) is 5.82 Å². The lowest BCUT2D eigenvalue weighted by molar-refractivity contribution is 0.408. The van der Waals surface area contributed by atoms with E-state index < -0.39 is 0 Å². The van der Waals surface area contributed by atoms with Gasteiger partial charge in [-0.2, -0.15) is 0 Å². The largest absolute Gasteiger partial charge is 0.456 e. The molecule has 0 unspecified atom stereocenters. The van der Waals surface area contributed by atoms with Crippen molar-refractivity contribution in [3.63, 3.8) is 0 Å². The molecule has 7 heteroatoms. The first-order valence-electron chi connectivity index (χ1n) is 9.09. The van der Waals surface area contributed by atoms with Crippen LogP contribution in [0, 0.1) is 0 Å². The summed E-state index contributed by atoms with van der Waals surface area (Å²) in [6.07, 6.45) is 3.53. The first-order valence-corrected chi connectivity index (χ1v) is 9.85. The monoisotopic (exact) mass is 426 g/mol. The van der Waals surface area contributed by atoms with E-state index in [1.807, 2.05) is 36.5 Å². The standard InChI is InChI=1S/C22H20Cl2N4O/c1-22(2,3)28-11-16(19-20(25)26-12-27-21(19)28)13-7-8-18(17(24)9-13)29-15-6-4-5-14(23)10-15/h4-12H,1-3H3,(H2,25,26,27). The Labute approximate surface area is 179 Å². The molecule has 4 rings (SSSR count). The van der Waals surface area contributed by atoms with Gasteiger partial charge in [-0.3, -0.25) is 0 Å². The Hall–Kier alpha value is -2.76. The molecule has 0 amide bonds. The Bertz CT molecular complexity index is 1210. The number of nitrogens with zero attached hydrogens (tertiary/aromatic N) is 3. The molecule has 2 heterocycles. The smallest absolute Gasteiger partial charge is 0.146 e. The van der Waals surface area contributed by atoms with Gasteiger partial charge in [-0.15, -0.1) is 0 Å². The van der Waals surface area contributed by atoms with Crippen molar-refractivity contribution in [3.8, 4) is 22.6 Å². The van der Waals surface area contributed by atoms with Crippen LogP contribution in [0.15, 0.2) is 55.0 Å². The Morgan fingerprint density at radius 3 is 2.52 bits per heavy atom. The van der Waals surface area contributed by atoms with Crippen molar-refractivity contribution in [1.29, 1.82) is 0 Å². The second kappa shape index (κ2) is 7.25. The predicted octanol–water partition coefficient (Wildman–Crippen LogP) is 6.53. The SMILES string of the molecule is CC(C)(C)n1cc(-c2ccc(Oc3cccc(Cl)c3)c(Cl)c2)c2c(N)ncnc21. The van der Waals surface area contributed by atoms with Gasteiger partial charge < -0.3 is 15.0 Å². The average Bonchev–Trinajstić information content (AvgIpc) is 3.05. The van der Waals surface area contributed by atoms with Gasteiger partial charge in [-0.25, -0.2) is 9.97 Å². The molecule has 0 saturated carbocycles. The van der Waals surface area contributed by atoms with E-state index in [0.29, 0.717) is 27.4 Å². The summed E-state index contributed by atoms with van der Waals surface area (Å²) in [5, 5.41) is 1.89. The van der Waals surface area contributed by atoms with Crippen LogP contribution in [0.5, 0.6) is 11.5 Å². The number of benzene rings is 2. The van der Waals surface area contributed by atoms with Crippen LogP contribution in [0.3, 0.4) is 0 Å². The fourth-order valence-corrected chi connectivity index (χ4v) is 3.62. The van der Waals surface area contributed by atoms with E-state index in [1.54, 1.807) is 12.1 Å². The summed E-state index contributed by atoms with van der Waals surface area (Å²) in [5.74, 6) is 1.60. The van der Waals surface area contributed by atoms with E-state index in [9.17, 15) is 0 Å². The van der Waals surface area contributed by atoms with Crippen LogP contribution in [0.1, 0.15) is 20.8 Å². The molecule has 0 aliphatic rings. The van der Waals surface area contributed by atoms with Crippen molar-refractivity contribution < 1.29 is 4.74 Å². The van der Waals surface area contributed by atoms with Crippen molar-refractivity contribution in [2.24, 2.45) is 0 Å². The van der Waals surface area contributed by atoms with E-state index in [0.717, 1.165) is 22.2 Å². The third-order valence-corrected chi connectivity index (χ3v) is 5.13. The molecular weight excluding hydrogens is 407 g/mol. The predicted molar refractivity (Wildman–Crippen MR) is 119 cm³/mol. The van der Waals surface area contributed by atoms with E-state index >= 15 is 0 Å². The maximum absolute atomic E-state index is 6.53. The lowest BCUT2D eigenvalue weighted by atomic mass is 10.1. The van der Waals surface area contributed by atoms with Crippen LogP contribution < -0.4 is 10.5 Å². The molecule has 0 spiro atoms. The fraction of sp³-hybridized carbons (Fsp3) is 0.182. The molecule has 148 valence electrons. The summed E-state index contributed by atoms with van der Waals surface area (Å²) in [5.41, 5.74) is 8.64. The van der Waals surface area contributed by atoms with E-state index in [4.69, 9.17) is 33.7 Å². The number of nitrogens with two attached hydrogens (primary N) is 1. The zero-order chi connectivity index (χ0) is 20.8. The number of halogens is 2. The van der Waals surface area contributed by atoms with Crippen LogP contribution in [-0.4, -0.2) is 14.5 Å². The van der Waals surface area contributed by atoms with Crippen molar-refractivity contribution in [2.45, 2.75) is 26.3 Å². The quantitative estimate of drug-likeness (QED) is 0.403. The first-order chi connectivity index (χ1) is 13.7. The molecule has 4 aromatic rings. The average molecular weight is 427 g/mol. The highest BCUT2D eigenvalue weighted by Gasteiger charge is 2.22. The van der Waals surface area contributed by atoms with E-state index in [-0.39, 0.29) is 5.54 Å². The first kappa shape index (κ1) is 19.6. The zero-order valence-corrected chi connectivity index (χ0v) is 17.8. The lowest BCUT2D eigenvalue weighted by Gasteiger charge is -2.21. The maximum atomic E-state index is 6.53. The summed E-state index contributed by atoms with van der Waals surface area (Å²) in [7, 11) is 0. The summed E-state index contributed by atoms with van der Waals surface area (Å²) in [4.78, 5) is 8.64. The van der Waals surface area contributed by atoms with Crippen LogP contribution in [-0.2, 0) is 5.54 Å². The maximum Gasteiger partial charge on any atom is 0.146 e. The minimum atomic E-state index is -0.170. The summed E-state index contributed by atoms with van der Waals surface area (Å²) in [6, 6.07) is 12.8. The molecule has 0 fully saturated rings. The van der Waals surface area contributed by atoms with E-state index in [2.05, 4.69) is 35.3 Å². The molecule has 0 saturated heterocycles. The number of fused-ring (bicyclic) bond motifs is 1. The Balaban J connectivity index is 1.80. The molecule has 29 heavy (non-hydrogen) atoms. The van der Waals surface area contributed by atoms with Gasteiger partial charge in [0, 0.05) is 22.3 Å². The third kappa shape index (κ3) is 3.76. The van der Waals surface area contributed by atoms with Crippen LogP contribution in [0.2, 0.25) is 10.0 Å². The number of ether oxygens (including phenoxy) is 1. The van der Waals surface area contributed by atoms with Gasteiger partial charge in [0.2, 0.25) is 0 Å². The van der Waals surface area contributed by atoms with Gasteiger partial charge >= 0.3 is 0 Å². The number of nitrogen functional groups attached to an aromatic ring is 1. The molecule has 2 aromatic carbocycles. The molecule has 2 aromatic heterocycles. The van der Waals surface area contributed by atoms with Crippen molar-refractivity contribution >= 4 is 40.1 Å². The lowest BCUT2D eigenvalue weighted by Crippen LogP contribution is -2.21. The Morgan fingerprint density at radius 2 is 1.83 bits per heavy atom. The molecule has 0 aliphatic heterocycles. The van der Waals surface area contributed by atoms with Gasteiger partial charge in [-0.1, -0.05) is 35.3 Å². The number of hydrogen-bond acceptors (Lipinski definition) is 4. The number of aromatic nitrogens is 3. The third-order valence-electron chi connectivity index (χ3n) is 4.60. The molecule has 0 atom stereocenters. The molecule has 0 radical (unpaired) electrons. The highest BCUT2D eigenvalue weighted by Crippen LogP contribution is 2.39. The summed E-state index contributed by atoms with van der Waals surface area (Å²) >= 11 is 12.6. The second-order valence-corrected chi connectivity index (χ2v) is 8.59. The summed E-state index contributed by atoms with van der Waals surface area (Å²) in [6.45, 7) is 6.34. The summed E-state index contributed by atoms with van der Waals surface area (Å²) < 4.78 is 7.98. The highest BCUT2D eigenvalue weighted by molar-refractivity contribution is 6.32. The molecular formula is C22H20Cl2N4O. The number of hydrogen-bond donors (Lipinski definition) is 1. The van der Waals surface area contributed by atoms with Crippen molar-refractivity contribution in [3.05, 3.63) is 65.0 Å². The van der Waals surface area contributed by atoms with Gasteiger partial charge in [0.05, 0.1) is 10.4 Å². The van der Waals surface area contributed by atoms with Crippen LogP contribution >= 0.6 is 23.2 Å². The molecule has 0 bridgehead atoms. The van der Waals surface area contributed by atoms with Gasteiger partial charge in [-0.05, 0) is 56.7 Å². The zero-order valence-electron chi connectivity index (χ0n) is 16.3. The molecule has 5 nitrogen and oxygen atoms in total. The van der Waals surface area contributed by atoms with Crippen molar-refractivity contribution in [1.82, 2.24) is 14.5 Å². The number of rotatable bonds is 3. The minimum absolute atomic E-state index is 0.170. The topological polar surface area (TPSA) is 66.0 Å². The molecule has 0 aliphatic carbocycles. The van der Waals surface area contributed by atoms with Gasteiger partial charge in [0.15, 0.2) is 0 Å². The second-order valence-electron chi connectivity index (χ2n) is 7.75. The van der Waals surface area contributed by atoms with E-state index in [1.165, 1.54) is 6.33 Å². The molecule has 2 N–H and O–H groups in total. The minimum Gasteiger partial charge on any atom is -0.456 e. The van der Waals surface area contributed by atoms with Gasteiger partial charge in [0.25, 0.3) is 0 Å². The Kier molecular flexibility index (Phi) is 4.89. The fourth-order valence-electron chi connectivity index (χ4n) is 3.22.